The summed E-state index contributed by atoms with van der Waals surface area (Å²) in [5, 5.41) is 11.8. The van der Waals surface area contributed by atoms with E-state index in [4.69, 9.17) is 0 Å². The minimum atomic E-state index is -0.272. The second-order valence-electron chi connectivity index (χ2n) is 6.38. The number of anilines is 1. The summed E-state index contributed by atoms with van der Waals surface area (Å²) in [4.78, 5) is 26.4. The van der Waals surface area contributed by atoms with Gasteiger partial charge in [0.1, 0.15) is 5.01 Å². The topological polar surface area (TPSA) is 75.2 Å². The quantitative estimate of drug-likeness (QED) is 0.891. The van der Waals surface area contributed by atoms with Crippen molar-refractivity contribution in [2.75, 3.05) is 18.4 Å². The van der Waals surface area contributed by atoms with Gasteiger partial charge in [-0.1, -0.05) is 36.5 Å². The summed E-state index contributed by atoms with van der Waals surface area (Å²) >= 11 is 1.24. The number of carbonyl (C=O) groups is 2. The van der Waals surface area contributed by atoms with Crippen LogP contribution >= 0.6 is 11.3 Å². The van der Waals surface area contributed by atoms with Crippen molar-refractivity contribution in [1.29, 1.82) is 0 Å². The van der Waals surface area contributed by atoms with Crippen LogP contribution in [0.3, 0.4) is 0 Å². The van der Waals surface area contributed by atoms with Gasteiger partial charge in [0.2, 0.25) is 10.9 Å². The number of nitrogens with one attached hydrogen (secondary N) is 1. The van der Waals surface area contributed by atoms with E-state index in [0.29, 0.717) is 23.8 Å². The van der Waals surface area contributed by atoms with Crippen LogP contribution in [0.25, 0.3) is 0 Å². The minimum absolute atomic E-state index is 0.164. The van der Waals surface area contributed by atoms with Gasteiger partial charge in [-0.25, -0.2) is 0 Å². The number of likely N-dealkylation sites (tertiary alicyclic amines) is 1. The van der Waals surface area contributed by atoms with Crippen LogP contribution in [0.15, 0.2) is 30.3 Å². The van der Waals surface area contributed by atoms with E-state index in [-0.39, 0.29) is 11.8 Å². The lowest BCUT2D eigenvalue weighted by Crippen LogP contribution is -2.37. The number of rotatable bonds is 5. The molecular weight excluding hydrogens is 336 g/mol. The monoisotopic (exact) mass is 358 g/mol. The van der Waals surface area contributed by atoms with Crippen LogP contribution in [-0.2, 0) is 11.2 Å². The van der Waals surface area contributed by atoms with Gasteiger partial charge in [-0.05, 0) is 30.9 Å². The first-order valence-electron chi connectivity index (χ1n) is 8.58. The molecule has 0 spiro atoms. The van der Waals surface area contributed by atoms with Crippen LogP contribution in [0.5, 0.6) is 0 Å². The van der Waals surface area contributed by atoms with E-state index < -0.39 is 0 Å². The maximum absolute atomic E-state index is 12.3. The Hall–Kier alpha value is -2.28. The van der Waals surface area contributed by atoms with Crippen LogP contribution in [0.1, 0.15) is 41.0 Å². The van der Waals surface area contributed by atoms with Gasteiger partial charge in [0, 0.05) is 31.6 Å². The van der Waals surface area contributed by atoms with Crippen LogP contribution in [-0.4, -0.2) is 40.0 Å². The molecule has 132 valence electrons. The van der Waals surface area contributed by atoms with E-state index in [1.807, 2.05) is 35.2 Å². The molecule has 1 aliphatic heterocycles. The third-order valence-corrected chi connectivity index (χ3v) is 5.36. The zero-order valence-corrected chi connectivity index (χ0v) is 15.1. The molecule has 0 atom stereocenters. The molecule has 2 amide bonds. The van der Waals surface area contributed by atoms with Crippen molar-refractivity contribution in [3.05, 3.63) is 40.3 Å². The molecule has 0 radical (unpaired) electrons. The molecule has 25 heavy (non-hydrogen) atoms. The van der Waals surface area contributed by atoms with E-state index in [2.05, 4.69) is 22.4 Å². The Morgan fingerprint density at radius 1 is 1.20 bits per heavy atom. The van der Waals surface area contributed by atoms with Crippen LogP contribution in [0, 0.1) is 5.92 Å². The predicted octanol–water partition coefficient (Wildman–Crippen LogP) is 2.98. The molecule has 7 heteroatoms. The standard InChI is InChI=1S/C18H22N4O2S/c1-13-9-11-22(12-10-13)16(23)8-7-15-20-21-18(25-15)17(24)19-14-5-3-2-4-6-14/h2-6,13H,7-12H2,1H3,(H,19,24). The molecule has 0 saturated carbocycles. The van der Waals surface area contributed by atoms with Gasteiger partial charge in [0.25, 0.3) is 5.91 Å². The third-order valence-electron chi connectivity index (χ3n) is 4.38. The van der Waals surface area contributed by atoms with Crippen molar-refractivity contribution >= 4 is 28.8 Å². The van der Waals surface area contributed by atoms with Crippen LogP contribution < -0.4 is 5.32 Å². The first-order valence-corrected chi connectivity index (χ1v) is 9.40. The van der Waals surface area contributed by atoms with Gasteiger partial charge in [0.15, 0.2) is 0 Å². The summed E-state index contributed by atoms with van der Waals surface area (Å²) in [7, 11) is 0. The lowest BCUT2D eigenvalue weighted by molar-refractivity contribution is -0.132. The molecule has 1 saturated heterocycles. The molecule has 2 aromatic rings. The number of hydrogen-bond acceptors (Lipinski definition) is 5. The van der Waals surface area contributed by atoms with Crippen molar-refractivity contribution in [2.24, 2.45) is 5.92 Å². The molecule has 1 aliphatic rings. The molecule has 6 nitrogen and oxygen atoms in total. The highest BCUT2D eigenvalue weighted by molar-refractivity contribution is 7.13. The zero-order valence-electron chi connectivity index (χ0n) is 14.3. The maximum Gasteiger partial charge on any atom is 0.286 e. The normalized spacial score (nSPS) is 15.2. The molecule has 0 unspecified atom stereocenters. The van der Waals surface area contributed by atoms with E-state index in [0.717, 1.165) is 36.6 Å². The smallest absolute Gasteiger partial charge is 0.286 e. The lowest BCUT2D eigenvalue weighted by Gasteiger charge is -2.30. The summed E-state index contributed by atoms with van der Waals surface area (Å²) in [5.41, 5.74) is 0.721. The fourth-order valence-corrected chi connectivity index (χ4v) is 3.52. The molecular formula is C18H22N4O2S. The second-order valence-corrected chi connectivity index (χ2v) is 7.45. The number of benzene rings is 1. The predicted molar refractivity (Wildman–Crippen MR) is 97.6 cm³/mol. The summed E-state index contributed by atoms with van der Waals surface area (Å²) < 4.78 is 0. The van der Waals surface area contributed by atoms with Gasteiger partial charge in [-0.2, -0.15) is 0 Å². The number of piperidine rings is 1. The Morgan fingerprint density at radius 3 is 2.64 bits per heavy atom. The molecule has 0 aliphatic carbocycles. The largest absolute Gasteiger partial charge is 0.343 e. The van der Waals surface area contributed by atoms with E-state index in [9.17, 15) is 9.59 Å². The van der Waals surface area contributed by atoms with Crippen molar-refractivity contribution in [1.82, 2.24) is 15.1 Å². The molecule has 0 bridgehead atoms. The Kier molecular flexibility index (Phi) is 5.75. The van der Waals surface area contributed by atoms with Gasteiger partial charge < -0.3 is 10.2 Å². The number of aryl methyl sites for hydroxylation is 1. The molecule has 1 aromatic heterocycles. The van der Waals surface area contributed by atoms with Gasteiger partial charge >= 0.3 is 0 Å². The Balaban J connectivity index is 1.50. The van der Waals surface area contributed by atoms with Crippen molar-refractivity contribution in [2.45, 2.75) is 32.6 Å². The van der Waals surface area contributed by atoms with E-state index in [1.165, 1.54) is 11.3 Å². The van der Waals surface area contributed by atoms with E-state index in [1.54, 1.807) is 0 Å². The molecule has 1 fully saturated rings. The van der Waals surface area contributed by atoms with Crippen molar-refractivity contribution in [3.63, 3.8) is 0 Å². The average molecular weight is 358 g/mol. The summed E-state index contributed by atoms with van der Waals surface area (Å²) in [6.07, 6.45) is 3.10. The van der Waals surface area contributed by atoms with Gasteiger partial charge in [0.05, 0.1) is 0 Å². The molecule has 1 N–H and O–H groups in total. The van der Waals surface area contributed by atoms with Crippen molar-refractivity contribution < 1.29 is 9.59 Å². The minimum Gasteiger partial charge on any atom is -0.343 e. The fourth-order valence-electron chi connectivity index (χ4n) is 2.78. The van der Waals surface area contributed by atoms with Crippen LogP contribution in [0.2, 0.25) is 0 Å². The first-order chi connectivity index (χ1) is 12.1. The summed E-state index contributed by atoms with van der Waals surface area (Å²) in [6, 6.07) is 9.23. The number of nitrogens with zero attached hydrogens (tertiary/aromatic N) is 3. The molecule has 3 rings (SSSR count). The fraction of sp³-hybridized carbons (Fsp3) is 0.444. The Morgan fingerprint density at radius 2 is 1.92 bits per heavy atom. The highest BCUT2D eigenvalue weighted by atomic mass is 32.1. The number of carbonyl (C=O) groups excluding carboxylic acids is 2. The van der Waals surface area contributed by atoms with Crippen molar-refractivity contribution in [3.8, 4) is 0 Å². The zero-order chi connectivity index (χ0) is 17.6. The molecule has 1 aromatic carbocycles. The summed E-state index contributed by atoms with van der Waals surface area (Å²) in [5.74, 6) is 0.599. The number of amides is 2. The second kappa shape index (κ2) is 8.20. The maximum atomic E-state index is 12.3. The first kappa shape index (κ1) is 17.5. The Labute approximate surface area is 151 Å². The summed E-state index contributed by atoms with van der Waals surface area (Å²) in [6.45, 7) is 3.92. The highest BCUT2D eigenvalue weighted by Crippen LogP contribution is 2.18. The average Bonchev–Trinajstić information content (AvgIpc) is 3.10. The third kappa shape index (κ3) is 4.85. The van der Waals surface area contributed by atoms with Gasteiger partial charge in [-0.15, -0.1) is 10.2 Å². The highest BCUT2D eigenvalue weighted by Gasteiger charge is 2.21. The number of hydrogen-bond donors (Lipinski definition) is 1. The van der Waals surface area contributed by atoms with E-state index >= 15 is 0 Å². The SMILES string of the molecule is CC1CCN(C(=O)CCc2nnc(C(=O)Nc3ccccc3)s2)CC1. The van der Waals surface area contributed by atoms with Gasteiger partial charge in [-0.3, -0.25) is 9.59 Å². The van der Waals surface area contributed by atoms with Crippen LogP contribution in [0.4, 0.5) is 5.69 Å². The number of aromatic nitrogens is 2. The molecule has 2 heterocycles. The number of para-hydroxylation sites is 1. The Bertz CT molecular complexity index is 724. The lowest BCUT2D eigenvalue weighted by atomic mass is 9.99.